The molecule has 0 unspecified atom stereocenters. The molecule has 0 aliphatic heterocycles. The number of hydrogen-bond donors (Lipinski definition) is 0. The highest BCUT2D eigenvalue weighted by molar-refractivity contribution is 5.24. The molecule has 2 rings (SSSR count). The summed E-state index contributed by atoms with van der Waals surface area (Å²) in [7, 11) is 0. The van der Waals surface area contributed by atoms with E-state index in [1.54, 1.807) is 0 Å². The van der Waals surface area contributed by atoms with Gasteiger partial charge >= 0.3 is 0 Å². The molecule has 0 N–H and O–H groups in total. The summed E-state index contributed by atoms with van der Waals surface area (Å²) in [5.41, 5.74) is 2.99. The van der Waals surface area contributed by atoms with Gasteiger partial charge in [-0.25, -0.2) is 0 Å². The van der Waals surface area contributed by atoms with Crippen molar-refractivity contribution in [3.63, 3.8) is 0 Å². The predicted octanol–water partition coefficient (Wildman–Crippen LogP) is 5.27. The minimum Gasteiger partial charge on any atom is -0.190 e. The quantitative estimate of drug-likeness (QED) is 0.478. The second-order valence-corrected chi connectivity index (χ2v) is 5.71. The van der Waals surface area contributed by atoms with E-state index >= 15 is 0 Å². The largest absolute Gasteiger partial charge is 0.218 e. The van der Waals surface area contributed by atoms with Gasteiger partial charge in [-0.2, -0.15) is 13.8 Å². The monoisotopic (exact) mass is 303 g/mol. The first kappa shape index (κ1) is 16.6. The fraction of sp³-hybridized carbons (Fsp3) is 0.421. The standard InChI is InChI=1S/C19H23F2N/c1-2-3-4-5-6-15-7-9-16(10-8-15)11-12-17-13-14-18(20)22-19(17)21/h7-10,13-14H,2-6,11-12H2,1H3. The SMILES string of the molecule is CCCCCCc1ccc(CCc2ccc(F)nc2F)cc1. The van der Waals surface area contributed by atoms with E-state index in [1.165, 1.54) is 48.9 Å². The van der Waals surface area contributed by atoms with Crippen molar-refractivity contribution < 1.29 is 8.78 Å². The van der Waals surface area contributed by atoms with E-state index in [9.17, 15) is 8.78 Å². The molecule has 1 heterocycles. The predicted molar refractivity (Wildman–Crippen MR) is 85.8 cm³/mol. The Morgan fingerprint density at radius 3 is 2.09 bits per heavy atom. The van der Waals surface area contributed by atoms with Crippen LogP contribution in [0.4, 0.5) is 8.78 Å². The molecule has 0 aliphatic rings. The maximum atomic E-state index is 13.5. The zero-order valence-corrected chi connectivity index (χ0v) is 13.1. The molecule has 0 fully saturated rings. The first-order valence-electron chi connectivity index (χ1n) is 8.07. The minimum absolute atomic E-state index is 0.463. The average Bonchev–Trinajstić information content (AvgIpc) is 2.52. The van der Waals surface area contributed by atoms with Crippen LogP contribution in [0.5, 0.6) is 0 Å². The van der Waals surface area contributed by atoms with Gasteiger partial charge in [-0.1, -0.05) is 50.5 Å². The van der Waals surface area contributed by atoms with Crippen molar-refractivity contribution in [3.8, 4) is 0 Å². The van der Waals surface area contributed by atoms with Crippen molar-refractivity contribution in [2.75, 3.05) is 0 Å². The van der Waals surface area contributed by atoms with Gasteiger partial charge in [-0.05, 0) is 48.9 Å². The highest BCUT2D eigenvalue weighted by atomic mass is 19.1. The van der Waals surface area contributed by atoms with E-state index in [4.69, 9.17) is 0 Å². The third-order valence-electron chi connectivity index (χ3n) is 3.92. The second-order valence-electron chi connectivity index (χ2n) is 5.71. The van der Waals surface area contributed by atoms with Gasteiger partial charge in [0, 0.05) is 5.56 Å². The van der Waals surface area contributed by atoms with Crippen LogP contribution in [0.3, 0.4) is 0 Å². The highest BCUT2D eigenvalue weighted by Crippen LogP contribution is 2.13. The second kappa shape index (κ2) is 8.62. The number of aryl methyl sites for hydroxylation is 3. The zero-order chi connectivity index (χ0) is 15.8. The number of rotatable bonds is 8. The van der Waals surface area contributed by atoms with E-state index in [-0.39, 0.29) is 0 Å². The van der Waals surface area contributed by atoms with Gasteiger partial charge in [0.15, 0.2) is 0 Å². The van der Waals surface area contributed by atoms with Crippen LogP contribution in [0, 0.1) is 11.9 Å². The highest BCUT2D eigenvalue weighted by Gasteiger charge is 2.05. The summed E-state index contributed by atoms with van der Waals surface area (Å²) < 4.78 is 26.2. The summed E-state index contributed by atoms with van der Waals surface area (Å²) in [6.07, 6.45) is 7.48. The lowest BCUT2D eigenvalue weighted by Crippen LogP contribution is -1.99. The van der Waals surface area contributed by atoms with Gasteiger partial charge in [0.1, 0.15) is 0 Å². The van der Waals surface area contributed by atoms with Crippen LogP contribution in [0.2, 0.25) is 0 Å². The van der Waals surface area contributed by atoms with Crippen LogP contribution in [0.25, 0.3) is 0 Å². The summed E-state index contributed by atoms with van der Waals surface area (Å²) in [4.78, 5) is 3.22. The Balaban J connectivity index is 1.83. The molecule has 118 valence electrons. The first-order valence-corrected chi connectivity index (χ1v) is 8.07. The van der Waals surface area contributed by atoms with Crippen LogP contribution in [0.1, 0.15) is 49.3 Å². The Hall–Kier alpha value is -1.77. The molecular weight excluding hydrogens is 280 g/mol. The summed E-state index contributed by atoms with van der Waals surface area (Å²) >= 11 is 0. The molecule has 0 saturated heterocycles. The zero-order valence-electron chi connectivity index (χ0n) is 13.1. The van der Waals surface area contributed by atoms with E-state index < -0.39 is 11.9 Å². The Morgan fingerprint density at radius 2 is 1.45 bits per heavy atom. The smallest absolute Gasteiger partial charge is 0.190 e. The van der Waals surface area contributed by atoms with Crippen LogP contribution < -0.4 is 0 Å². The lowest BCUT2D eigenvalue weighted by Gasteiger charge is -2.05. The molecule has 0 spiro atoms. The summed E-state index contributed by atoms with van der Waals surface area (Å²) in [6.45, 7) is 2.22. The Kier molecular flexibility index (Phi) is 6.50. The average molecular weight is 303 g/mol. The summed E-state index contributed by atoms with van der Waals surface area (Å²) in [5, 5.41) is 0. The summed E-state index contributed by atoms with van der Waals surface area (Å²) in [6, 6.07) is 11.2. The molecule has 0 atom stereocenters. The van der Waals surface area contributed by atoms with Gasteiger partial charge in [0.2, 0.25) is 11.9 Å². The Morgan fingerprint density at radius 1 is 0.773 bits per heavy atom. The van der Waals surface area contributed by atoms with Crippen molar-refractivity contribution in [2.24, 2.45) is 0 Å². The van der Waals surface area contributed by atoms with Crippen molar-refractivity contribution in [1.29, 1.82) is 0 Å². The van der Waals surface area contributed by atoms with E-state index in [1.807, 2.05) is 0 Å². The first-order chi connectivity index (χ1) is 10.7. The van der Waals surface area contributed by atoms with E-state index in [2.05, 4.69) is 36.2 Å². The number of nitrogens with zero attached hydrogens (tertiary/aromatic N) is 1. The Labute approximate surface area is 131 Å². The minimum atomic E-state index is -0.770. The maximum Gasteiger partial charge on any atom is 0.218 e. The Bertz CT molecular complexity index is 578. The number of aromatic nitrogens is 1. The number of unbranched alkanes of at least 4 members (excludes halogenated alkanes) is 3. The van der Waals surface area contributed by atoms with Gasteiger partial charge in [0.05, 0.1) is 0 Å². The normalized spacial score (nSPS) is 10.9. The third-order valence-corrected chi connectivity index (χ3v) is 3.92. The molecule has 1 nitrogen and oxygen atoms in total. The molecule has 0 saturated carbocycles. The molecule has 3 heteroatoms. The number of halogens is 2. The van der Waals surface area contributed by atoms with Crippen LogP contribution in [-0.2, 0) is 19.3 Å². The molecule has 2 aromatic rings. The van der Waals surface area contributed by atoms with Crippen molar-refractivity contribution in [2.45, 2.75) is 51.9 Å². The fourth-order valence-electron chi connectivity index (χ4n) is 2.53. The van der Waals surface area contributed by atoms with E-state index in [0.717, 1.165) is 12.8 Å². The molecule has 0 amide bonds. The number of benzene rings is 1. The molecule has 0 bridgehead atoms. The van der Waals surface area contributed by atoms with Gasteiger partial charge in [0.25, 0.3) is 0 Å². The lowest BCUT2D eigenvalue weighted by molar-refractivity contribution is 0.502. The maximum absolute atomic E-state index is 13.5. The van der Waals surface area contributed by atoms with Crippen molar-refractivity contribution >= 4 is 0 Å². The molecule has 0 radical (unpaired) electrons. The van der Waals surface area contributed by atoms with Crippen molar-refractivity contribution in [1.82, 2.24) is 4.98 Å². The number of pyridine rings is 1. The molecule has 22 heavy (non-hydrogen) atoms. The van der Waals surface area contributed by atoms with Gasteiger partial charge in [-0.15, -0.1) is 0 Å². The topological polar surface area (TPSA) is 12.9 Å². The summed E-state index contributed by atoms with van der Waals surface area (Å²) in [5.74, 6) is -1.47. The van der Waals surface area contributed by atoms with Crippen molar-refractivity contribution in [3.05, 3.63) is 65.0 Å². The lowest BCUT2D eigenvalue weighted by atomic mass is 10.0. The van der Waals surface area contributed by atoms with E-state index in [0.29, 0.717) is 12.0 Å². The molecular formula is C19H23F2N. The third kappa shape index (κ3) is 5.21. The number of hydrogen-bond acceptors (Lipinski definition) is 1. The van der Waals surface area contributed by atoms with Crippen LogP contribution in [-0.4, -0.2) is 4.98 Å². The fourth-order valence-corrected chi connectivity index (χ4v) is 2.53. The van der Waals surface area contributed by atoms with Gasteiger partial charge in [-0.3, -0.25) is 0 Å². The van der Waals surface area contributed by atoms with Gasteiger partial charge < -0.3 is 0 Å². The van der Waals surface area contributed by atoms with Crippen LogP contribution in [0.15, 0.2) is 36.4 Å². The molecule has 1 aromatic carbocycles. The molecule has 1 aromatic heterocycles. The van der Waals surface area contributed by atoms with Crippen LogP contribution >= 0.6 is 0 Å². The molecule has 0 aliphatic carbocycles.